The zero-order valence-electron chi connectivity index (χ0n) is 11.3. The average Bonchev–Trinajstić information content (AvgIpc) is 2.77. The van der Waals surface area contributed by atoms with Crippen LogP contribution in [0.1, 0.15) is 17.5 Å². The summed E-state index contributed by atoms with van der Waals surface area (Å²) < 4.78 is 32.1. The highest BCUT2D eigenvalue weighted by atomic mass is 32.2. The molecule has 1 aromatic rings. The number of benzene rings is 1. The minimum absolute atomic E-state index is 0.0932. The van der Waals surface area contributed by atoms with Crippen LogP contribution in [0.2, 0.25) is 0 Å². The average molecular weight is 299 g/mol. The van der Waals surface area contributed by atoms with E-state index >= 15 is 0 Å². The summed E-state index contributed by atoms with van der Waals surface area (Å²) in [4.78, 5) is 11.5. The normalized spacial score (nSPS) is 22.9. The largest absolute Gasteiger partial charge is 0.480 e. The van der Waals surface area contributed by atoms with Crippen molar-refractivity contribution in [3.63, 3.8) is 0 Å². The molecule has 1 aliphatic rings. The van der Waals surface area contributed by atoms with Gasteiger partial charge in [-0.2, -0.15) is 4.72 Å². The number of carboxylic acids is 1. The summed E-state index contributed by atoms with van der Waals surface area (Å²) in [5.74, 6) is -1.22. The van der Waals surface area contributed by atoms with Crippen LogP contribution in [0.3, 0.4) is 0 Å². The van der Waals surface area contributed by atoms with Gasteiger partial charge in [0.15, 0.2) is 5.54 Å². The van der Waals surface area contributed by atoms with Crippen molar-refractivity contribution in [2.24, 2.45) is 0 Å². The summed E-state index contributed by atoms with van der Waals surface area (Å²) >= 11 is 0. The van der Waals surface area contributed by atoms with Gasteiger partial charge in [0.1, 0.15) is 0 Å². The van der Waals surface area contributed by atoms with Gasteiger partial charge in [-0.15, -0.1) is 0 Å². The number of aryl methyl sites for hydroxylation is 2. The van der Waals surface area contributed by atoms with Gasteiger partial charge in [-0.3, -0.25) is 4.79 Å². The minimum atomic E-state index is -3.91. The molecule has 2 rings (SSSR count). The fraction of sp³-hybridized carbons (Fsp3) is 0.462. The molecular formula is C13H17NO5S. The maximum atomic E-state index is 12.4. The first-order valence-electron chi connectivity index (χ1n) is 6.19. The van der Waals surface area contributed by atoms with Crippen LogP contribution < -0.4 is 4.72 Å². The summed E-state index contributed by atoms with van der Waals surface area (Å²) in [7, 11) is -3.91. The quantitative estimate of drug-likeness (QED) is 0.859. The number of carboxylic acid groups (broad SMARTS) is 1. The second-order valence-corrected chi connectivity index (χ2v) is 6.72. The Balaban J connectivity index is 2.38. The maximum Gasteiger partial charge on any atom is 0.327 e. The van der Waals surface area contributed by atoms with E-state index in [0.29, 0.717) is 5.56 Å². The van der Waals surface area contributed by atoms with Gasteiger partial charge in [0.05, 0.1) is 11.5 Å². The van der Waals surface area contributed by atoms with Crippen LogP contribution in [0.25, 0.3) is 0 Å². The van der Waals surface area contributed by atoms with E-state index in [1.807, 2.05) is 6.92 Å². The lowest BCUT2D eigenvalue weighted by atomic mass is 10.0. The van der Waals surface area contributed by atoms with Crippen LogP contribution in [0.4, 0.5) is 0 Å². The molecule has 1 atom stereocenters. The number of nitrogens with one attached hydrogen (secondary N) is 1. The van der Waals surface area contributed by atoms with E-state index in [1.54, 1.807) is 19.1 Å². The summed E-state index contributed by atoms with van der Waals surface area (Å²) in [5.41, 5.74) is -0.0496. The molecule has 20 heavy (non-hydrogen) atoms. The molecule has 0 radical (unpaired) electrons. The highest BCUT2D eigenvalue weighted by Gasteiger charge is 2.46. The first-order chi connectivity index (χ1) is 9.27. The van der Waals surface area contributed by atoms with Crippen LogP contribution >= 0.6 is 0 Å². The molecule has 0 aliphatic carbocycles. The van der Waals surface area contributed by atoms with E-state index in [0.717, 1.165) is 5.56 Å². The molecule has 6 nitrogen and oxygen atoms in total. The van der Waals surface area contributed by atoms with Gasteiger partial charge in [0.2, 0.25) is 10.0 Å². The summed E-state index contributed by atoms with van der Waals surface area (Å²) in [6.07, 6.45) is 0.118. The number of carbonyl (C=O) groups is 1. The number of hydrogen-bond donors (Lipinski definition) is 2. The number of aliphatic carboxylic acids is 1. The molecule has 1 aromatic carbocycles. The number of hydrogen-bond acceptors (Lipinski definition) is 4. The predicted molar refractivity (Wildman–Crippen MR) is 72.0 cm³/mol. The third kappa shape index (κ3) is 2.70. The lowest BCUT2D eigenvalue weighted by Gasteiger charge is -2.24. The van der Waals surface area contributed by atoms with Crippen molar-refractivity contribution >= 4 is 16.0 Å². The molecule has 0 spiro atoms. The molecule has 1 aliphatic heterocycles. The minimum Gasteiger partial charge on any atom is -0.480 e. The number of rotatable bonds is 4. The molecule has 0 amide bonds. The topological polar surface area (TPSA) is 92.7 Å². The molecule has 0 saturated carbocycles. The van der Waals surface area contributed by atoms with Crippen LogP contribution in [-0.2, 0) is 19.6 Å². The molecule has 1 fully saturated rings. The highest BCUT2D eigenvalue weighted by Crippen LogP contribution is 2.24. The summed E-state index contributed by atoms with van der Waals surface area (Å²) in [5, 5.41) is 9.28. The van der Waals surface area contributed by atoms with Crippen LogP contribution in [0.15, 0.2) is 23.1 Å². The molecule has 110 valence electrons. The van der Waals surface area contributed by atoms with Crippen molar-refractivity contribution in [1.29, 1.82) is 0 Å². The second kappa shape index (κ2) is 5.16. The van der Waals surface area contributed by atoms with E-state index in [2.05, 4.69) is 4.72 Å². The fourth-order valence-corrected chi connectivity index (χ4v) is 3.87. The molecule has 7 heteroatoms. The number of sulfonamides is 1. The van der Waals surface area contributed by atoms with Gasteiger partial charge in [0.25, 0.3) is 0 Å². The van der Waals surface area contributed by atoms with E-state index in [9.17, 15) is 18.3 Å². The summed E-state index contributed by atoms with van der Waals surface area (Å²) in [6, 6.07) is 4.91. The molecule has 1 saturated heterocycles. The Labute approximate surface area is 117 Å². The zero-order valence-corrected chi connectivity index (χ0v) is 12.2. The molecule has 2 N–H and O–H groups in total. The Hall–Kier alpha value is -1.44. The predicted octanol–water partition coefficient (Wildman–Crippen LogP) is 0.825. The molecule has 1 unspecified atom stereocenters. The van der Waals surface area contributed by atoms with Crippen molar-refractivity contribution in [2.45, 2.75) is 30.7 Å². The van der Waals surface area contributed by atoms with Crippen molar-refractivity contribution in [3.8, 4) is 0 Å². The number of ether oxygens (including phenoxy) is 1. The standard InChI is InChI=1S/C13H17NO5S/c1-9-3-4-11(10(2)7-9)20(17,18)14-13(12(15)16)5-6-19-8-13/h3-4,7,14H,5-6,8H2,1-2H3,(H,15,16). The van der Waals surface area contributed by atoms with Crippen LogP contribution in [-0.4, -0.2) is 38.2 Å². The second-order valence-electron chi connectivity index (χ2n) is 5.06. The monoisotopic (exact) mass is 299 g/mol. The van der Waals surface area contributed by atoms with Crippen molar-refractivity contribution in [2.75, 3.05) is 13.2 Å². The van der Waals surface area contributed by atoms with Gasteiger partial charge in [0, 0.05) is 13.0 Å². The van der Waals surface area contributed by atoms with Crippen molar-refractivity contribution in [3.05, 3.63) is 29.3 Å². The van der Waals surface area contributed by atoms with Crippen molar-refractivity contribution in [1.82, 2.24) is 4.72 Å². The zero-order chi connectivity index (χ0) is 15.0. The Morgan fingerprint density at radius 2 is 2.10 bits per heavy atom. The molecule has 0 bridgehead atoms. The van der Waals surface area contributed by atoms with Gasteiger partial charge in [-0.25, -0.2) is 8.42 Å². The Morgan fingerprint density at radius 1 is 1.40 bits per heavy atom. The lowest BCUT2D eigenvalue weighted by molar-refractivity contribution is -0.144. The third-order valence-electron chi connectivity index (χ3n) is 3.38. The van der Waals surface area contributed by atoms with Crippen LogP contribution in [0, 0.1) is 13.8 Å². The van der Waals surface area contributed by atoms with Gasteiger partial charge in [-0.1, -0.05) is 17.7 Å². The molecule has 1 heterocycles. The van der Waals surface area contributed by atoms with Crippen molar-refractivity contribution < 1.29 is 23.1 Å². The molecule has 0 aromatic heterocycles. The Morgan fingerprint density at radius 3 is 2.60 bits per heavy atom. The van der Waals surface area contributed by atoms with E-state index in [4.69, 9.17) is 4.74 Å². The first kappa shape index (κ1) is 15.0. The fourth-order valence-electron chi connectivity index (χ4n) is 2.27. The van der Waals surface area contributed by atoms with Gasteiger partial charge >= 0.3 is 5.97 Å². The summed E-state index contributed by atoms with van der Waals surface area (Å²) in [6.45, 7) is 3.61. The Kier molecular flexibility index (Phi) is 3.86. The van der Waals surface area contributed by atoms with E-state index in [1.165, 1.54) is 6.07 Å². The maximum absolute atomic E-state index is 12.4. The van der Waals surface area contributed by atoms with Crippen LogP contribution in [0.5, 0.6) is 0 Å². The lowest BCUT2D eigenvalue weighted by Crippen LogP contribution is -2.55. The third-order valence-corrected chi connectivity index (χ3v) is 5.08. The highest BCUT2D eigenvalue weighted by molar-refractivity contribution is 7.89. The van der Waals surface area contributed by atoms with Gasteiger partial charge in [-0.05, 0) is 25.5 Å². The van der Waals surface area contributed by atoms with E-state index < -0.39 is 21.5 Å². The van der Waals surface area contributed by atoms with E-state index in [-0.39, 0.29) is 24.5 Å². The smallest absolute Gasteiger partial charge is 0.327 e. The SMILES string of the molecule is Cc1ccc(S(=O)(=O)NC2(C(=O)O)CCOC2)c(C)c1. The van der Waals surface area contributed by atoms with Gasteiger partial charge < -0.3 is 9.84 Å². The Bertz CT molecular complexity index is 632. The molecular weight excluding hydrogens is 282 g/mol. The first-order valence-corrected chi connectivity index (χ1v) is 7.67.